The van der Waals surface area contributed by atoms with E-state index in [1.54, 1.807) is 0 Å². The van der Waals surface area contributed by atoms with Crippen LogP contribution in [0.25, 0.3) is 0 Å². The third-order valence-corrected chi connectivity index (χ3v) is 4.50. The molecule has 0 aromatic heterocycles. The quantitative estimate of drug-likeness (QED) is 0.817. The smallest absolute Gasteiger partial charge is 0.237 e. The summed E-state index contributed by atoms with van der Waals surface area (Å²) in [5, 5.41) is 6.37. The second-order valence-electron chi connectivity index (χ2n) is 5.94. The molecule has 0 bridgehead atoms. The standard InChI is InChI=1S/C17H27N3O.2ClH/c1-4-13(2)20(3)10-9-18-17(21)16-11-14-7-5-6-8-15(14)12-19-16;;/h5-8,13,16,19H,4,9-12H2,1-3H3,(H,18,21);2*1H. The Kier molecular flexibility index (Phi) is 10.5. The van der Waals surface area contributed by atoms with Crippen LogP contribution in [0.2, 0.25) is 0 Å². The molecule has 1 aromatic rings. The molecule has 1 aliphatic rings. The molecule has 1 heterocycles. The van der Waals surface area contributed by atoms with Gasteiger partial charge in [-0.15, -0.1) is 24.8 Å². The Hall–Kier alpha value is -0.810. The fraction of sp³-hybridized carbons (Fsp3) is 0.588. The van der Waals surface area contributed by atoms with Gasteiger partial charge < -0.3 is 15.5 Å². The number of benzene rings is 1. The summed E-state index contributed by atoms with van der Waals surface area (Å²) >= 11 is 0. The number of amides is 1. The lowest BCUT2D eigenvalue weighted by Gasteiger charge is -2.27. The van der Waals surface area contributed by atoms with Crippen LogP contribution in [0.5, 0.6) is 0 Å². The summed E-state index contributed by atoms with van der Waals surface area (Å²) in [5.74, 6) is 0.113. The lowest BCUT2D eigenvalue weighted by molar-refractivity contribution is -0.123. The Morgan fingerprint density at radius 1 is 1.35 bits per heavy atom. The summed E-state index contributed by atoms with van der Waals surface area (Å²) in [6.07, 6.45) is 1.91. The van der Waals surface area contributed by atoms with Gasteiger partial charge >= 0.3 is 0 Å². The molecule has 2 atom stereocenters. The van der Waals surface area contributed by atoms with Crippen LogP contribution in [0.3, 0.4) is 0 Å². The van der Waals surface area contributed by atoms with Crippen LogP contribution in [0, 0.1) is 0 Å². The highest BCUT2D eigenvalue weighted by Crippen LogP contribution is 2.16. The molecular formula is C17H29Cl2N3O. The molecule has 1 aliphatic heterocycles. The molecule has 0 spiro atoms. The van der Waals surface area contributed by atoms with Crippen molar-refractivity contribution >= 4 is 30.7 Å². The van der Waals surface area contributed by atoms with Crippen molar-refractivity contribution in [2.75, 3.05) is 20.1 Å². The van der Waals surface area contributed by atoms with Gasteiger partial charge in [0, 0.05) is 25.7 Å². The Balaban J connectivity index is 0.00000242. The Bertz CT molecular complexity index is 485. The fourth-order valence-corrected chi connectivity index (χ4v) is 2.65. The molecule has 1 amide bonds. The zero-order chi connectivity index (χ0) is 15.2. The first kappa shape index (κ1) is 22.2. The van der Waals surface area contributed by atoms with Crippen LogP contribution in [-0.4, -0.2) is 43.0 Å². The number of hydrogen-bond acceptors (Lipinski definition) is 3. The van der Waals surface area contributed by atoms with E-state index in [1.807, 2.05) is 12.1 Å². The lowest BCUT2D eigenvalue weighted by atomic mass is 9.95. The van der Waals surface area contributed by atoms with Gasteiger partial charge in [-0.1, -0.05) is 31.2 Å². The van der Waals surface area contributed by atoms with Gasteiger partial charge in [-0.2, -0.15) is 0 Å². The van der Waals surface area contributed by atoms with Gasteiger partial charge in [0.25, 0.3) is 0 Å². The van der Waals surface area contributed by atoms with Gasteiger partial charge in [0.1, 0.15) is 0 Å². The van der Waals surface area contributed by atoms with Crippen molar-refractivity contribution in [2.45, 2.75) is 45.3 Å². The summed E-state index contributed by atoms with van der Waals surface area (Å²) in [4.78, 5) is 14.5. The van der Waals surface area contributed by atoms with Crippen LogP contribution in [0.4, 0.5) is 0 Å². The molecule has 132 valence electrons. The second-order valence-corrected chi connectivity index (χ2v) is 5.94. The van der Waals surface area contributed by atoms with Gasteiger partial charge in [-0.05, 0) is 37.9 Å². The van der Waals surface area contributed by atoms with Crippen LogP contribution in [-0.2, 0) is 17.8 Å². The molecule has 0 saturated heterocycles. The highest BCUT2D eigenvalue weighted by molar-refractivity contribution is 5.85. The number of nitrogens with zero attached hydrogens (tertiary/aromatic N) is 1. The first-order chi connectivity index (χ1) is 10.1. The zero-order valence-corrected chi connectivity index (χ0v) is 15.8. The molecule has 23 heavy (non-hydrogen) atoms. The maximum absolute atomic E-state index is 12.2. The van der Waals surface area contributed by atoms with E-state index in [0.29, 0.717) is 12.6 Å². The Morgan fingerprint density at radius 2 is 2.00 bits per heavy atom. The highest BCUT2D eigenvalue weighted by Gasteiger charge is 2.23. The van der Waals surface area contributed by atoms with Gasteiger partial charge in [0.2, 0.25) is 5.91 Å². The van der Waals surface area contributed by atoms with E-state index in [-0.39, 0.29) is 36.8 Å². The SMILES string of the molecule is CCC(C)N(C)CCNC(=O)C1Cc2ccccc2CN1.Cl.Cl. The number of carbonyl (C=O) groups is 1. The van der Waals surface area contributed by atoms with Crippen molar-refractivity contribution < 1.29 is 4.79 Å². The third kappa shape index (κ3) is 6.30. The molecule has 1 aromatic carbocycles. The first-order valence-electron chi connectivity index (χ1n) is 7.90. The van der Waals surface area contributed by atoms with Crippen molar-refractivity contribution in [1.29, 1.82) is 0 Å². The van der Waals surface area contributed by atoms with Crippen LogP contribution in [0.1, 0.15) is 31.4 Å². The van der Waals surface area contributed by atoms with E-state index in [0.717, 1.165) is 25.9 Å². The van der Waals surface area contributed by atoms with E-state index in [9.17, 15) is 4.79 Å². The third-order valence-electron chi connectivity index (χ3n) is 4.50. The number of halogens is 2. The van der Waals surface area contributed by atoms with Crippen molar-refractivity contribution in [2.24, 2.45) is 0 Å². The van der Waals surface area contributed by atoms with Crippen LogP contribution >= 0.6 is 24.8 Å². The number of nitrogens with one attached hydrogen (secondary N) is 2. The van der Waals surface area contributed by atoms with Crippen molar-refractivity contribution in [1.82, 2.24) is 15.5 Å². The molecule has 0 saturated carbocycles. The normalized spacial score (nSPS) is 17.5. The van der Waals surface area contributed by atoms with Gasteiger partial charge in [-0.25, -0.2) is 0 Å². The molecule has 2 unspecified atom stereocenters. The van der Waals surface area contributed by atoms with Crippen molar-refractivity contribution in [3.8, 4) is 0 Å². The summed E-state index contributed by atoms with van der Waals surface area (Å²) in [6, 6.07) is 8.78. The van der Waals surface area contributed by atoms with Crippen molar-refractivity contribution in [3.63, 3.8) is 0 Å². The number of likely N-dealkylation sites (N-methyl/N-ethyl adjacent to an activating group) is 1. The Morgan fingerprint density at radius 3 is 2.65 bits per heavy atom. The Labute approximate surface area is 152 Å². The number of carbonyl (C=O) groups excluding carboxylic acids is 1. The van der Waals surface area contributed by atoms with E-state index in [1.165, 1.54) is 11.1 Å². The van der Waals surface area contributed by atoms with E-state index in [2.05, 4.69) is 48.6 Å². The molecular weight excluding hydrogens is 333 g/mol. The number of hydrogen-bond donors (Lipinski definition) is 2. The first-order valence-corrected chi connectivity index (χ1v) is 7.90. The topological polar surface area (TPSA) is 44.4 Å². The largest absolute Gasteiger partial charge is 0.353 e. The molecule has 2 rings (SSSR count). The fourth-order valence-electron chi connectivity index (χ4n) is 2.65. The van der Waals surface area contributed by atoms with Crippen molar-refractivity contribution in [3.05, 3.63) is 35.4 Å². The second kappa shape index (κ2) is 10.9. The average Bonchev–Trinajstić information content (AvgIpc) is 2.53. The number of rotatable bonds is 6. The molecule has 2 N–H and O–H groups in total. The minimum Gasteiger partial charge on any atom is -0.353 e. The summed E-state index contributed by atoms with van der Waals surface area (Å²) in [7, 11) is 2.11. The van der Waals surface area contributed by atoms with E-state index >= 15 is 0 Å². The zero-order valence-electron chi connectivity index (χ0n) is 14.2. The molecule has 0 aliphatic carbocycles. The van der Waals surface area contributed by atoms with E-state index < -0.39 is 0 Å². The maximum Gasteiger partial charge on any atom is 0.237 e. The summed E-state index contributed by atoms with van der Waals surface area (Å²) < 4.78 is 0. The van der Waals surface area contributed by atoms with Crippen LogP contribution < -0.4 is 10.6 Å². The van der Waals surface area contributed by atoms with Gasteiger partial charge in [-0.3, -0.25) is 4.79 Å². The predicted octanol–water partition coefficient (Wildman–Crippen LogP) is 2.39. The van der Waals surface area contributed by atoms with Crippen LogP contribution in [0.15, 0.2) is 24.3 Å². The summed E-state index contributed by atoms with van der Waals surface area (Å²) in [6.45, 7) is 6.77. The highest BCUT2D eigenvalue weighted by atomic mass is 35.5. The maximum atomic E-state index is 12.2. The lowest BCUT2D eigenvalue weighted by Crippen LogP contribution is -2.49. The molecule has 0 radical (unpaired) electrons. The minimum atomic E-state index is -0.103. The monoisotopic (exact) mass is 361 g/mol. The van der Waals surface area contributed by atoms with E-state index in [4.69, 9.17) is 0 Å². The molecule has 0 fully saturated rings. The number of fused-ring (bicyclic) bond motifs is 1. The molecule has 4 nitrogen and oxygen atoms in total. The van der Waals surface area contributed by atoms with Gasteiger partial charge in [0.05, 0.1) is 6.04 Å². The molecule has 6 heteroatoms. The van der Waals surface area contributed by atoms with Gasteiger partial charge in [0.15, 0.2) is 0 Å². The predicted molar refractivity (Wildman–Crippen MR) is 101 cm³/mol. The average molecular weight is 362 g/mol. The summed E-state index contributed by atoms with van der Waals surface area (Å²) in [5.41, 5.74) is 2.59. The minimum absolute atomic E-state index is 0.